The third kappa shape index (κ3) is 3.36. The van der Waals surface area contributed by atoms with Crippen molar-refractivity contribution >= 4 is 21.8 Å². The fraction of sp³-hybridized carbons (Fsp3) is 0.200. The molecule has 0 atom stereocenters. The highest BCUT2D eigenvalue weighted by atomic mass is 79.9. The Morgan fingerprint density at radius 3 is 2.90 bits per heavy atom. The van der Waals surface area contributed by atoms with E-state index in [1.54, 1.807) is 30.4 Å². The zero-order valence-electron chi connectivity index (χ0n) is 11.3. The molecule has 0 aliphatic carbocycles. The van der Waals surface area contributed by atoms with Crippen LogP contribution in [0.5, 0.6) is 5.75 Å². The topological polar surface area (TPSA) is 42.4 Å². The number of pyridine rings is 1. The minimum atomic E-state index is -0.0933. The van der Waals surface area contributed by atoms with Gasteiger partial charge in [-0.2, -0.15) is 0 Å². The van der Waals surface area contributed by atoms with Crippen molar-refractivity contribution in [1.82, 2.24) is 9.88 Å². The molecule has 1 amide bonds. The lowest BCUT2D eigenvalue weighted by Gasteiger charge is -2.18. The van der Waals surface area contributed by atoms with Gasteiger partial charge in [0.1, 0.15) is 5.75 Å². The molecule has 0 aliphatic heterocycles. The first-order valence-corrected chi connectivity index (χ1v) is 6.89. The maximum atomic E-state index is 12.4. The number of hydrogen-bond acceptors (Lipinski definition) is 3. The maximum Gasteiger partial charge on any atom is 0.257 e. The van der Waals surface area contributed by atoms with E-state index in [4.69, 9.17) is 4.74 Å². The van der Waals surface area contributed by atoms with Crippen molar-refractivity contribution in [2.45, 2.75) is 6.54 Å². The normalized spacial score (nSPS) is 10.2. The first-order valence-electron chi connectivity index (χ1n) is 6.09. The average molecular weight is 335 g/mol. The van der Waals surface area contributed by atoms with Crippen molar-refractivity contribution in [3.63, 3.8) is 0 Å². The molecule has 2 rings (SSSR count). The smallest absolute Gasteiger partial charge is 0.257 e. The molecule has 0 fully saturated rings. The molecular weight excluding hydrogens is 320 g/mol. The number of carbonyl (C=O) groups is 1. The minimum Gasteiger partial charge on any atom is -0.494 e. The van der Waals surface area contributed by atoms with Crippen LogP contribution in [0.3, 0.4) is 0 Å². The largest absolute Gasteiger partial charge is 0.494 e. The summed E-state index contributed by atoms with van der Waals surface area (Å²) >= 11 is 3.43. The number of rotatable bonds is 4. The molecule has 0 unspecified atom stereocenters. The number of benzene rings is 1. The predicted octanol–water partition coefficient (Wildman–Crippen LogP) is 3.12. The minimum absolute atomic E-state index is 0.0933. The van der Waals surface area contributed by atoms with Crippen molar-refractivity contribution in [2.75, 3.05) is 14.2 Å². The first kappa shape index (κ1) is 14.5. The molecule has 2 aromatic rings. The highest BCUT2D eigenvalue weighted by molar-refractivity contribution is 9.10. The van der Waals surface area contributed by atoms with Gasteiger partial charge in [-0.15, -0.1) is 0 Å². The van der Waals surface area contributed by atoms with E-state index in [1.165, 1.54) is 7.11 Å². The summed E-state index contributed by atoms with van der Waals surface area (Å²) < 4.78 is 6.17. The number of ether oxygens (including phenoxy) is 1. The van der Waals surface area contributed by atoms with Crippen molar-refractivity contribution in [3.8, 4) is 5.75 Å². The number of methoxy groups -OCH3 is 1. The Morgan fingerprint density at radius 1 is 1.40 bits per heavy atom. The van der Waals surface area contributed by atoms with E-state index in [0.29, 0.717) is 17.9 Å². The molecule has 1 heterocycles. The fourth-order valence-corrected chi connectivity index (χ4v) is 2.35. The Bertz CT molecular complexity index is 616. The van der Waals surface area contributed by atoms with Crippen LogP contribution in [0.15, 0.2) is 47.2 Å². The van der Waals surface area contributed by atoms with Gasteiger partial charge in [-0.05, 0) is 23.8 Å². The Labute approximate surface area is 126 Å². The number of nitrogens with zero attached hydrogens (tertiary/aromatic N) is 2. The van der Waals surface area contributed by atoms with Gasteiger partial charge in [-0.25, -0.2) is 0 Å². The second kappa shape index (κ2) is 6.52. The second-order valence-corrected chi connectivity index (χ2v) is 5.28. The van der Waals surface area contributed by atoms with Gasteiger partial charge in [-0.3, -0.25) is 9.78 Å². The molecule has 1 aromatic heterocycles. The van der Waals surface area contributed by atoms with Crippen molar-refractivity contribution < 1.29 is 9.53 Å². The Morgan fingerprint density at radius 2 is 2.20 bits per heavy atom. The number of halogens is 1. The maximum absolute atomic E-state index is 12.4. The Balaban J connectivity index is 2.16. The summed E-state index contributed by atoms with van der Waals surface area (Å²) in [7, 11) is 3.30. The van der Waals surface area contributed by atoms with Crippen LogP contribution in [0.2, 0.25) is 0 Å². The van der Waals surface area contributed by atoms with Gasteiger partial charge in [0.15, 0.2) is 0 Å². The van der Waals surface area contributed by atoms with E-state index in [9.17, 15) is 4.79 Å². The van der Waals surface area contributed by atoms with Gasteiger partial charge in [0.25, 0.3) is 5.91 Å². The number of aromatic nitrogens is 1. The lowest BCUT2D eigenvalue weighted by Crippen LogP contribution is -2.26. The standard InChI is InChI=1S/C15H15BrN2O2/c1-18(10-11-4-3-5-12(16)8-11)15(19)13-6-7-17-9-14(13)20-2/h3-9H,10H2,1-2H3. The van der Waals surface area contributed by atoms with E-state index in [1.807, 2.05) is 24.3 Å². The van der Waals surface area contributed by atoms with E-state index >= 15 is 0 Å². The number of carbonyl (C=O) groups excluding carboxylic acids is 1. The van der Waals surface area contributed by atoms with Crippen molar-refractivity contribution in [2.24, 2.45) is 0 Å². The molecule has 0 aliphatic rings. The zero-order valence-corrected chi connectivity index (χ0v) is 12.9. The molecule has 1 aromatic carbocycles. The summed E-state index contributed by atoms with van der Waals surface area (Å²) in [5.74, 6) is 0.391. The van der Waals surface area contributed by atoms with Gasteiger partial charge in [0, 0.05) is 24.3 Å². The molecule has 0 saturated carbocycles. The molecule has 0 radical (unpaired) electrons. The summed E-state index contributed by atoms with van der Waals surface area (Å²) in [4.78, 5) is 18.0. The molecular formula is C15H15BrN2O2. The molecule has 4 nitrogen and oxygen atoms in total. The van der Waals surface area contributed by atoms with Crippen LogP contribution in [0, 0.1) is 0 Å². The van der Waals surface area contributed by atoms with Crippen LogP contribution >= 0.6 is 15.9 Å². The molecule has 104 valence electrons. The second-order valence-electron chi connectivity index (χ2n) is 4.37. The Kier molecular flexibility index (Phi) is 4.74. The summed E-state index contributed by atoms with van der Waals surface area (Å²) in [5, 5.41) is 0. The third-order valence-electron chi connectivity index (χ3n) is 2.89. The van der Waals surface area contributed by atoms with Crippen LogP contribution in [0.25, 0.3) is 0 Å². The van der Waals surface area contributed by atoms with Crippen LogP contribution < -0.4 is 4.74 Å². The van der Waals surface area contributed by atoms with E-state index in [0.717, 1.165) is 10.0 Å². The van der Waals surface area contributed by atoms with E-state index in [2.05, 4.69) is 20.9 Å². The van der Waals surface area contributed by atoms with Gasteiger partial charge in [-0.1, -0.05) is 28.1 Å². The summed E-state index contributed by atoms with van der Waals surface area (Å²) in [5.41, 5.74) is 1.57. The van der Waals surface area contributed by atoms with Gasteiger partial charge in [0.05, 0.1) is 18.9 Å². The van der Waals surface area contributed by atoms with Gasteiger partial charge < -0.3 is 9.64 Å². The lowest BCUT2D eigenvalue weighted by molar-refractivity contribution is 0.0781. The van der Waals surface area contributed by atoms with Crippen LogP contribution in [-0.2, 0) is 6.54 Å². The average Bonchev–Trinajstić information content (AvgIpc) is 2.46. The quantitative estimate of drug-likeness (QED) is 0.862. The van der Waals surface area contributed by atoms with Crippen molar-refractivity contribution in [1.29, 1.82) is 0 Å². The summed E-state index contributed by atoms with van der Waals surface area (Å²) in [6.07, 6.45) is 3.13. The van der Waals surface area contributed by atoms with Crippen LogP contribution in [-0.4, -0.2) is 29.9 Å². The monoisotopic (exact) mass is 334 g/mol. The lowest BCUT2D eigenvalue weighted by atomic mass is 10.2. The van der Waals surface area contributed by atoms with Crippen molar-refractivity contribution in [3.05, 3.63) is 58.3 Å². The van der Waals surface area contributed by atoms with Gasteiger partial charge >= 0.3 is 0 Å². The predicted molar refractivity (Wildman–Crippen MR) is 80.7 cm³/mol. The zero-order chi connectivity index (χ0) is 14.5. The molecule has 0 spiro atoms. The summed E-state index contributed by atoms with van der Waals surface area (Å²) in [6.45, 7) is 0.531. The number of hydrogen-bond donors (Lipinski definition) is 0. The van der Waals surface area contributed by atoms with Gasteiger partial charge in [0.2, 0.25) is 0 Å². The molecule has 0 N–H and O–H groups in total. The summed E-state index contributed by atoms with van der Waals surface area (Å²) in [6, 6.07) is 9.55. The first-order chi connectivity index (χ1) is 9.61. The molecule has 0 saturated heterocycles. The third-order valence-corrected chi connectivity index (χ3v) is 3.38. The fourth-order valence-electron chi connectivity index (χ4n) is 1.91. The number of amides is 1. The Hall–Kier alpha value is -1.88. The highest BCUT2D eigenvalue weighted by Crippen LogP contribution is 2.19. The molecule has 20 heavy (non-hydrogen) atoms. The SMILES string of the molecule is COc1cnccc1C(=O)N(C)Cc1cccc(Br)c1. The van der Waals surface area contributed by atoms with Crippen LogP contribution in [0.1, 0.15) is 15.9 Å². The molecule has 0 bridgehead atoms. The highest BCUT2D eigenvalue weighted by Gasteiger charge is 2.16. The van der Waals surface area contributed by atoms with E-state index < -0.39 is 0 Å². The van der Waals surface area contributed by atoms with Crippen LogP contribution in [0.4, 0.5) is 0 Å². The van der Waals surface area contributed by atoms with E-state index in [-0.39, 0.29) is 5.91 Å². The molecule has 5 heteroatoms.